The zero-order valence-electron chi connectivity index (χ0n) is 35.2. The van der Waals surface area contributed by atoms with E-state index in [4.69, 9.17) is 9.97 Å². The van der Waals surface area contributed by atoms with Gasteiger partial charge < -0.3 is 4.90 Å². The monoisotopic (exact) mass is 785 g/mol. The molecule has 0 unspecified atom stereocenters. The van der Waals surface area contributed by atoms with Gasteiger partial charge in [0.15, 0.2) is 11.3 Å². The fourth-order valence-electron chi connectivity index (χ4n) is 10.4. The minimum atomic E-state index is -0.0684. The van der Waals surface area contributed by atoms with E-state index in [-0.39, 0.29) is 10.8 Å². The first-order valence-electron chi connectivity index (χ1n) is 21.4. The van der Waals surface area contributed by atoms with Gasteiger partial charge in [0.2, 0.25) is 0 Å². The van der Waals surface area contributed by atoms with Gasteiger partial charge in [-0.1, -0.05) is 133 Å². The molecule has 5 nitrogen and oxygen atoms in total. The van der Waals surface area contributed by atoms with Crippen LogP contribution in [0.3, 0.4) is 0 Å². The fourth-order valence-corrected chi connectivity index (χ4v) is 10.4. The maximum atomic E-state index is 5.87. The molecular formula is C56H43N5. The van der Waals surface area contributed by atoms with E-state index in [1.54, 1.807) is 0 Å². The number of para-hydroxylation sites is 2. The zero-order chi connectivity index (χ0) is 41.1. The summed E-state index contributed by atoms with van der Waals surface area (Å²) in [5.41, 5.74) is 14.1. The van der Waals surface area contributed by atoms with Crippen molar-refractivity contribution in [2.45, 2.75) is 52.4 Å². The van der Waals surface area contributed by atoms with Crippen molar-refractivity contribution in [3.05, 3.63) is 163 Å². The van der Waals surface area contributed by atoms with Crippen molar-refractivity contribution in [3.8, 4) is 0 Å². The summed E-state index contributed by atoms with van der Waals surface area (Å²) in [7, 11) is 0. The first kappa shape index (κ1) is 34.6. The molecule has 0 saturated carbocycles. The van der Waals surface area contributed by atoms with Crippen LogP contribution in [-0.4, -0.2) is 18.8 Å². The van der Waals surface area contributed by atoms with Gasteiger partial charge in [0, 0.05) is 43.7 Å². The molecule has 0 saturated heterocycles. The predicted octanol–water partition coefficient (Wildman–Crippen LogP) is 15.1. The first-order chi connectivity index (χ1) is 29.5. The highest BCUT2D eigenvalue weighted by atomic mass is 15.2. The Kier molecular flexibility index (Phi) is 6.66. The molecule has 0 N–H and O–H groups in total. The molecule has 8 aromatic carbocycles. The summed E-state index contributed by atoms with van der Waals surface area (Å²) < 4.78 is 4.86. The number of anilines is 3. The quantitative estimate of drug-likeness (QED) is 0.179. The van der Waals surface area contributed by atoms with Crippen molar-refractivity contribution in [3.63, 3.8) is 0 Å². The number of hydrogen-bond acceptors (Lipinski definition) is 3. The largest absolute Gasteiger partial charge is 0.308 e. The van der Waals surface area contributed by atoms with Crippen LogP contribution in [0.1, 0.15) is 52.7 Å². The summed E-state index contributed by atoms with van der Waals surface area (Å²) >= 11 is 0. The standard InChI is InChI=1S/C56H43N5/c1-55(2,3)34-25-26-44-40(29-34)41-30-35(56(4,5)6)31-43-49-53(60(44)50(41)43)57-48-42-27-32-17-13-15-23-38(32)46-47-39-24-16-14-18-33(39)28-45(52(47)61(51(42)46)54(48)58-49)59(36-19-9-7-10-20-36)37-21-11-8-12-22-37/h7-31H,1-6H3. The summed E-state index contributed by atoms with van der Waals surface area (Å²) in [6.07, 6.45) is 0. The van der Waals surface area contributed by atoms with Crippen molar-refractivity contribution in [2.75, 3.05) is 4.90 Å². The SMILES string of the molecule is CC(C)(C)c1ccc2c(c1)c1cc(C(C)(C)C)cc3c4nc5c(nc4n2c13)c1cc2ccccc2c2c3c4ccccc4cc(N(c4ccccc4)c4ccccc4)c3n5c12. The Morgan fingerprint density at radius 2 is 0.918 bits per heavy atom. The molecule has 5 aromatic heterocycles. The molecule has 0 bridgehead atoms. The molecule has 61 heavy (non-hydrogen) atoms. The van der Waals surface area contributed by atoms with E-state index >= 15 is 0 Å². The maximum Gasteiger partial charge on any atom is 0.165 e. The Morgan fingerprint density at radius 1 is 0.410 bits per heavy atom. The average Bonchev–Trinajstić information content (AvgIpc) is 3.99. The summed E-state index contributed by atoms with van der Waals surface area (Å²) in [6, 6.07) is 55.8. The lowest BCUT2D eigenvalue weighted by atomic mass is 9.84. The highest BCUT2D eigenvalue weighted by Crippen LogP contribution is 2.51. The second-order valence-corrected chi connectivity index (χ2v) is 19.1. The van der Waals surface area contributed by atoms with Crippen LogP contribution >= 0.6 is 0 Å². The van der Waals surface area contributed by atoms with Crippen molar-refractivity contribution in [1.29, 1.82) is 0 Å². The minimum absolute atomic E-state index is 0.0220. The molecule has 13 rings (SSSR count). The van der Waals surface area contributed by atoms with Crippen LogP contribution in [0.4, 0.5) is 17.1 Å². The third kappa shape index (κ3) is 4.61. The van der Waals surface area contributed by atoms with Gasteiger partial charge in [-0.3, -0.25) is 8.80 Å². The molecule has 0 radical (unpaired) electrons. The number of fused-ring (bicyclic) bond motifs is 16. The lowest BCUT2D eigenvalue weighted by Crippen LogP contribution is -2.11. The molecule has 0 aliphatic carbocycles. The van der Waals surface area contributed by atoms with Crippen LogP contribution < -0.4 is 4.90 Å². The van der Waals surface area contributed by atoms with Crippen LogP contribution in [0.15, 0.2) is 152 Å². The number of hydrogen-bond donors (Lipinski definition) is 0. The summed E-state index contributed by atoms with van der Waals surface area (Å²) in [6.45, 7) is 13.8. The highest BCUT2D eigenvalue weighted by Gasteiger charge is 2.30. The Labute approximate surface area is 352 Å². The van der Waals surface area contributed by atoms with Crippen molar-refractivity contribution < 1.29 is 0 Å². The van der Waals surface area contributed by atoms with Gasteiger partial charge in [0.25, 0.3) is 0 Å². The second kappa shape index (κ2) is 11.7. The summed E-state index contributed by atoms with van der Waals surface area (Å²) in [5.74, 6) is 0. The van der Waals surface area contributed by atoms with Crippen LogP contribution in [-0.2, 0) is 10.8 Å². The lowest BCUT2D eigenvalue weighted by Gasteiger charge is -2.27. The highest BCUT2D eigenvalue weighted by molar-refractivity contribution is 6.37. The Morgan fingerprint density at radius 3 is 1.54 bits per heavy atom. The lowest BCUT2D eigenvalue weighted by molar-refractivity contribution is 0.590. The average molecular weight is 786 g/mol. The number of rotatable bonds is 3. The second-order valence-electron chi connectivity index (χ2n) is 19.1. The van der Waals surface area contributed by atoms with E-state index in [2.05, 4.69) is 207 Å². The van der Waals surface area contributed by atoms with E-state index in [0.29, 0.717) is 0 Å². The van der Waals surface area contributed by atoms with E-state index in [0.717, 1.165) is 61.2 Å². The van der Waals surface area contributed by atoms with Gasteiger partial charge in [-0.15, -0.1) is 0 Å². The van der Waals surface area contributed by atoms with Crippen molar-refractivity contribution >= 4 is 115 Å². The molecule has 5 heterocycles. The van der Waals surface area contributed by atoms with Crippen LogP contribution in [0.2, 0.25) is 0 Å². The molecular weight excluding hydrogens is 743 g/mol. The predicted molar refractivity (Wildman–Crippen MR) is 258 cm³/mol. The summed E-state index contributed by atoms with van der Waals surface area (Å²) in [5, 5.41) is 12.1. The zero-order valence-corrected chi connectivity index (χ0v) is 35.2. The molecule has 292 valence electrons. The maximum absolute atomic E-state index is 5.87. The summed E-state index contributed by atoms with van der Waals surface area (Å²) in [4.78, 5) is 14.1. The van der Waals surface area contributed by atoms with Crippen LogP contribution in [0, 0.1) is 0 Å². The molecule has 0 aliphatic heterocycles. The molecule has 0 spiro atoms. The normalized spacial score (nSPS) is 13.1. The van der Waals surface area contributed by atoms with Crippen molar-refractivity contribution in [2.24, 2.45) is 0 Å². The van der Waals surface area contributed by atoms with E-state index in [9.17, 15) is 0 Å². The van der Waals surface area contributed by atoms with Gasteiger partial charge in [-0.2, -0.15) is 0 Å². The molecule has 0 atom stereocenters. The minimum Gasteiger partial charge on any atom is -0.308 e. The van der Waals surface area contributed by atoms with Crippen molar-refractivity contribution in [1.82, 2.24) is 18.8 Å². The third-order valence-corrected chi connectivity index (χ3v) is 13.4. The fraction of sp³-hybridized carbons (Fsp3) is 0.143. The molecule has 13 aromatic rings. The third-order valence-electron chi connectivity index (χ3n) is 13.4. The Hall–Kier alpha value is -7.24. The van der Waals surface area contributed by atoms with Gasteiger partial charge in [-0.05, 0) is 104 Å². The van der Waals surface area contributed by atoms with Gasteiger partial charge in [0.1, 0.15) is 11.0 Å². The Bertz CT molecular complexity index is 3900. The number of nitrogens with zero attached hydrogens (tertiary/aromatic N) is 5. The molecule has 0 fully saturated rings. The van der Waals surface area contributed by atoms with Gasteiger partial charge in [0.05, 0.1) is 27.8 Å². The molecule has 5 heteroatoms. The van der Waals surface area contributed by atoms with Crippen LogP contribution in [0.25, 0.3) is 98.3 Å². The molecule has 0 amide bonds. The van der Waals surface area contributed by atoms with E-state index in [1.165, 1.54) is 65.3 Å². The smallest absolute Gasteiger partial charge is 0.165 e. The van der Waals surface area contributed by atoms with E-state index < -0.39 is 0 Å². The number of benzene rings is 8. The van der Waals surface area contributed by atoms with E-state index in [1.807, 2.05) is 0 Å². The topological polar surface area (TPSA) is 37.8 Å². The number of aromatic nitrogens is 4. The van der Waals surface area contributed by atoms with Gasteiger partial charge >= 0.3 is 0 Å². The Balaban J connectivity index is 1.28. The van der Waals surface area contributed by atoms with Gasteiger partial charge in [-0.25, -0.2) is 9.97 Å². The first-order valence-corrected chi connectivity index (χ1v) is 21.4. The molecule has 0 aliphatic rings. The van der Waals surface area contributed by atoms with Crippen LogP contribution in [0.5, 0.6) is 0 Å².